The second kappa shape index (κ2) is 14.2. The van der Waals surface area contributed by atoms with Gasteiger partial charge in [0.25, 0.3) is 0 Å². The molecule has 0 spiro atoms. The van der Waals surface area contributed by atoms with Gasteiger partial charge in [0.1, 0.15) is 0 Å². The summed E-state index contributed by atoms with van der Waals surface area (Å²) in [5.74, 6) is 2.10. The Balaban J connectivity index is 2.48. The molecule has 1 saturated heterocycles. The lowest BCUT2D eigenvalue weighted by molar-refractivity contribution is 0.00989. The number of nitrogens with one attached hydrogen (secondary N) is 1. The first-order valence-electron chi connectivity index (χ1n) is 10.3. The second-order valence-electron chi connectivity index (χ2n) is 7.61. The standard InChI is InChI=1S/C20H41N3O3/c1-5-21-20(22-16-18(9-12-24)15-17(2)3)23-10-7-19(8-11-23)26-14-6-13-25-4/h17-19,24H,5-16H2,1-4H3,(H,21,22). The highest BCUT2D eigenvalue weighted by atomic mass is 16.5. The summed E-state index contributed by atoms with van der Waals surface area (Å²) in [6, 6.07) is 0. The highest BCUT2D eigenvalue weighted by Gasteiger charge is 2.22. The first-order chi connectivity index (χ1) is 12.6. The van der Waals surface area contributed by atoms with E-state index in [1.54, 1.807) is 7.11 Å². The van der Waals surface area contributed by atoms with Crippen molar-refractivity contribution in [3.05, 3.63) is 0 Å². The molecule has 0 aromatic heterocycles. The maximum atomic E-state index is 9.30. The number of likely N-dealkylation sites (tertiary alicyclic amines) is 1. The maximum Gasteiger partial charge on any atom is 0.193 e. The van der Waals surface area contributed by atoms with Crippen LogP contribution < -0.4 is 5.32 Å². The molecule has 0 amide bonds. The van der Waals surface area contributed by atoms with Crippen LogP contribution in [0.3, 0.4) is 0 Å². The summed E-state index contributed by atoms with van der Waals surface area (Å²) in [5.41, 5.74) is 0. The molecule has 0 aromatic carbocycles. The third-order valence-electron chi connectivity index (χ3n) is 4.76. The number of aliphatic hydroxyl groups excluding tert-OH is 1. The molecule has 0 aromatic rings. The highest BCUT2D eigenvalue weighted by molar-refractivity contribution is 5.80. The van der Waals surface area contributed by atoms with Crippen LogP contribution in [-0.2, 0) is 9.47 Å². The van der Waals surface area contributed by atoms with Crippen LogP contribution in [0.15, 0.2) is 4.99 Å². The van der Waals surface area contributed by atoms with Crippen LogP contribution in [0, 0.1) is 11.8 Å². The number of hydrogen-bond acceptors (Lipinski definition) is 4. The van der Waals surface area contributed by atoms with Crippen LogP contribution >= 0.6 is 0 Å². The molecular formula is C20H41N3O3. The van der Waals surface area contributed by atoms with E-state index in [9.17, 15) is 5.11 Å². The van der Waals surface area contributed by atoms with Crippen molar-refractivity contribution in [3.8, 4) is 0 Å². The third-order valence-corrected chi connectivity index (χ3v) is 4.76. The molecule has 0 aliphatic carbocycles. The smallest absolute Gasteiger partial charge is 0.193 e. The predicted octanol–water partition coefficient (Wildman–Crippen LogP) is 2.51. The molecule has 1 aliphatic rings. The fourth-order valence-electron chi connectivity index (χ4n) is 3.46. The number of piperidine rings is 1. The predicted molar refractivity (Wildman–Crippen MR) is 108 cm³/mol. The van der Waals surface area contributed by atoms with Crippen molar-refractivity contribution in [1.82, 2.24) is 10.2 Å². The molecule has 1 fully saturated rings. The number of aliphatic hydroxyl groups is 1. The van der Waals surface area contributed by atoms with Gasteiger partial charge in [0.05, 0.1) is 6.10 Å². The minimum absolute atomic E-state index is 0.245. The van der Waals surface area contributed by atoms with E-state index in [0.29, 0.717) is 17.9 Å². The molecule has 26 heavy (non-hydrogen) atoms. The summed E-state index contributed by atoms with van der Waals surface area (Å²) >= 11 is 0. The van der Waals surface area contributed by atoms with E-state index in [1.165, 1.54) is 0 Å². The first-order valence-corrected chi connectivity index (χ1v) is 10.3. The number of aliphatic imine (C=N–C) groups is 1. The van der Waals surface area contributed by atoms with E-state index in [1.807, 2.05) is 0 Å². The largest absolute Gasteiger partial charge is 0.396 e. The number of hydrogen-bond donors (Lipinski definition) is 2. The van der Waals surface area contributed by atoms with Crippen molar-refractivity contribution in [3.63, 3.8) is 0 Å². The molecule has 154 valence electrons. The Morgan fingerprint density at radius 3 is 2.58 bits per heavy atom. The first kappa shape index (κ1) is 23.2. The van der Waals surface area contributed by atoms with E-state index in [-0.39, 0.29) is 6.61 Å². The molecule has 6 heteroatoms. The van der Waals surface area contributed by atoms with Crippen molar-refractivity contribution in [1.29, 1.82) is 0 Å². The summed E-state index contributed by atoms with van der Waals surface area (Å²) in [6.07, 6.45) is 5.35. The van der Waals surface area contributed by atoms with Gasteiger partial charge in [-0.1, -0.05) is 13.8 Å². The maximum absolute atomic E-state index is 9.30. The van der Waals surface area contributed by atoms with Gasteiger partial charge < -0.3 is 24.8 Å². The number of ether oxygens (including phenoxy) is 2. The second-order valence-corrected chi connectivity index (χ2v) is 7.61. The Kier molecular flexibility index (Phi) is 12.7. The molecule has 6 nitrogen and oxygen atoms in total. The summed E-state index contributed by atoms with van der Waals surface area (Å²) in [7, 11) is 1.73. The summed E-state index contributed by atoms with van der Waals surface area (Å²) in [6.45, 7) is 12.0. The van der Waals surface area contributed by atoms with Crippen LogP contribution in [0.1, 0.15) is 52.9 Å². The SMILES string of the molecule is CCNC(=NCC(CCO)CC(C)C)N1CCC(OCCCOC)CC1. The molecule has 0 radical (unpaired) electrons. The van der Waals surface area contributed by atoms with E-state index in [0.717, 1.165) is 77.5 Å². The zero-order chi connectivity index (χ0) is 19.2. The van der Waals surface area contributed by atoms with Gasteiger partial charge in [-0.15, -0.1) is 0 Å². The number of methoxy groups -OCH3 is 1. The van der Waals surface area contributed by atoms with Gasteiger partial charge in [0.2, 0.25) is 0 Å². The molecule has 1 unspecified atom stereocenters. The molecule has 1 aliphatic heterocycles. The van der Waals surface area contributed by atoms with Gasteiger partial charge in [0, 0.05) is 53.1 Å². The molecule has 1 rings (SSSR count). The molecule has 1 heterocycles. The van der Waals surface area contributed by atoms with Gasteiger partial charge in [-0.05, 0) is 50.9 Å². The zero-order valence-corrected chi connectivity index (χ0v) is 17.4. The Morgan fingerprint density at radius 1 is 1.27 bits per heavy atom. The van der Waals surface area contributed by atoms with Crippen LogP contribution in [0.2, 0.25) is 0 Å². The summed E-state index contributed by atoms with van der Waals surface area (Å²) in [4.78, 5) is 7.23. The quantitative estimate of drug-likeness (QED) is 0.313. The topological polar surface area (TPSA) is 66.3 Å². The zero-order valence-electron chi connectivity index (χ0n) is 17.4. The summed E-state index contributed by atoms with van der Waals surface area (Å²) < 4.78 is 11.0. The molecule has 2 N–H and O–H groups in total. The fourth-order valence-corrected chi connectivity index (χ4v) is 3.46. The monoisotopic (exact) mass is 371 g/mol. The van der Waals surface area contributed by atoms with E-state index in [4.69, 9.17) is 14.5 Å². The minimum Gasteiger partial charge on any atom is -0.396 e. The molecule has 0 bridgehead atoms. The minimum atomic E-state index is 0.245. The van der Waals surface area contributed by atoms with Crippen LogP contribution in [0.5, 0.6) is 0 Å². The number of rotatable bonds is 12. The lowest BCUT2D eigenvalue weighted by atomic mass is 9.94. The highest BCUT2D eigenvalue weighted by Crippen LogP contribution is 2.17. The molecule has 0 saturated carbocycles. The number of nitrogens with zero attached hydrogens (tertiary/aromatic N) is 2. The van der Waals surface area contributed by atoms with E-state index >= 15 is 0 Å². The van der Waals surface area contributed by atoms with Gasteiger partial charge in [-0.2, -0.15) is 0 Å². The number of guanidine groups is 1. The van der Waals surface area contributed by atoms with Crippen molar-refractivity contribution >= 4 is 5.96 Å². The van der Waals surface area contributed by atoms with E-state index < -0.39 is 0 Å². The molecule has 1 atom stereocenters. The average molecular weight is 372 g/mol. The lowest BCUT2D eigenvalue weighted by Gasteiger charge is -2.34. The van der Waals surface area contributed by atoms with Crippen LogP contribution in [0.4, 0.5) is 0 Å². The van der Waals surface area contributed by atoms with Crippen molar-refractivity contribution in [2.75, 3.05) is 53.1 Å². The lowest BCUT2D eigenvalue weighted by Crippen LogP contribution is -2.47. The van der Waals surface area contributed by atoms with Crippen molar-refractivity contribution in [2.24, 2.45) is 16.8 Å². The Morgan fingerprint density at radius 2 is 2.00 bits per heavy atom. The van der Waals surface area contributed by atoms with Gasteiger partial charge in [-0.25, -0.2) is 0 Å². The van der Waals surface area contributed by atoms with Gasteiger partial charge in [-0.3, -0.25) is 4.99 Å². The van der Waals surface area contributed by atoms with Crippen LogP contribution in [0.25, 0.3) is 0 Å². The Bertz CT molecular complexity index is 369. The van der Waals surface area contributed by atoms with Gasteiger partial charge >= 0.3 is 0 Å². The van der Waals surface area contributed by atoms with Crippen LogP contribution in [-0.4, -0.2) is 75.2 Å². The average Bonchev–Trinajstić information content (AvgIpc) is 2.62. The van der Waals surface area contributed by atoms with Gasteiger partial charge in [0.15, 0.2) is 5.96 Å². The van der Waals surface area contributed by atoms with Crippen molar-refractivity contribution in [2.45, 2.75) is 59.0 Å². The molecular weight excluding hydrogens is 330 g/mol. The fraction of sp³-hybridized carbons (Fsp3) is 0.950. The summed E-state index contributed by atoms with van der Waals surface area (Å²) in [5, 5.41) is 12.7. The third kappa shape index (κ3) is 9.74. The van der Waals surface area contributed by atoms with E-state index in [2.05, 4.69) is 31.0 Å². The Hall–Kier alpha value is -0.850. The Labute approximate surface area is 160 Å². The van der Waals surface area contributed by atoms with Crippen molar-refractivity contribution < 1.29 is 14.6 Å². The normalized spacial score (nSPS) is 17.8.